The Morgan fingerprint density at radius 2 is 2.09 bits per heavy atom. The molecule has 1 saturated heterocycles. The van der Waals surface area contributed by atoms with Gasteiger partial charge in [0.05, 0.1) is 5.69 Å². The van der Waals surface area contributed by atoms with E-state index in [9.17, 15) is 9.59 Å². The van der Waals surface area contributed by atoms with Gasteiger partial charge in [0.25, 0.3) is 0 Å². The number of amidine groups is 1. The maximum absolute atomic E-state index is 11.9. The van der Waals surface area contributed by atoms with E-state index in [4.69, 9.17) is 11.6 Å². The Kier molecular flexibility index (Phi) is 6.47. The zero-order valence-electron chi connectivity index (χ0n) is 13.1. The van der Waals surface area contributed by atoms with Crippen LogP contribution in [-0.4, -0.2) is 28.8 Å². The van der Waals surface area contributed by atoms with Crippen molar-refractivity contribution in [3.63, 3.8) is 0 Å². The highest BCUT2D eigenvalue weighted by atomic mass is 35.5. The molecule has 2 rings (SSSR count). The molecule has 0 bridgehead atoms. The number of aliphatic imine (C=N–C) groups is 1. The normalized spacial score (nSPS) is 19.2. The summed E-state index contributed by atoms with van der Waals surface area (Å²) in [4.78, 5) is 28.2. The van der Waals surface area contributed by atoms with Crippen LogP contribution in [0.2, 0.25) is 5.02 Å². The fraction of sp³-hybridized carbons (Fsp3) is 0.438. The summed E-state index contributed by atoms with van der Waals surface area (Å²) in [6.07, 6.45) is 1.09. The predicted octanol–water partition coefficient (Wildman–Crippen LogP) is 3.11. The molecule has 23 heavy (non-hydrogen) atoms. The monoisotopic (exact) mass is 353 g/mol. The van der Waals surface area contributed by atoms with Gasteiger partial charge in [0.1, 0.15) is 5.25 Å². The highest BCUT2D eigenvalue weighted by molar-refractivity contribution is 8.15. The van der Waals surface area contributed by atoms with Gasteiger partial charge in [0.2, 0.25) is 11.8 Å². The van der Waals surface area contributed by atoms with E-state index in [1.165, 1.54) is 11.8 Å². The number of amides is 2. The van der Waals surface area contributed by atoms with Crippen LogP contribution in [0.4, 0.5) is 5.69 Å². The highest BCUT2D eigenvalue weighted by Gasteiger charge is 2.31. The van der Waals surface area contributed by atoms with Gasteiger partial charge in [-0.05, 0) is 36.6 Å². The largest absolute Gasteiger partial charge is 0.356 e. The van der Waals surface area contributed by atoms with Gasteiger partial charge in [-0.1, -0.05) is 37.2 Å². The maximum atomic E-state index is 11.9. The zero-order chi connectivity index (χ0) is 16.8. The van der Waals surface area contributed by atoms with E-state index in [-0.39, 0.29) is 18.2 Å². The minimum Gasteiger partial charge on any atom is -0.356 e. The molecular formula is C16H20ClN3O2S. The van der Waals surface area contributed by atoms with Crippen LogP contribution in [0.15, 0.2) is 29.3 Å². The third-order valence-electron chi connectivity index (χ3n) is 3.25. The topological polar surface area (TPSA) is 70.6 Å². The molecular weight excluding hydrogens is 334 g/mol. The summed E-state index contributed by atoms with van der Waals surface area (Å²) >= 11 is 7.11. The van der Waals surface area contributed by atoms with E-state index in [0.29, 0.717) is 28.3 Å². The first-order valence-corrected chi connectivity index (χ1v) is 8.78. The maximum Gasteiger partial charge on any atom is 0.240 e. The van der Waals surface area contributed by atoms with Crippen molar-refractivity contribution in [3.05, 3.63) is 29.3 Å². The van der Waals surface area contributed by atoms with E-state index in [1.54, 1.807) is 24.3 Å². The van der Waals surface area contributed by atoms with Gasteiger partial charge in [-0.2, -0.15) is 0 Å². The molecule has 5 nitrogen and oxygen atoms in total. The SMILES string of the molecule is CC(C)CCNC(=O)C[C@@H]1SC(=Nc2ccc(Cl)cc2)NC1=O. The molecule has 1 atom stereocenters. The Morgan fingerprint density at radius 1 is 1.39 bits per heavy atom. The summed E-state index contributed by atoms with van der Waals surface area (Å²) < 4.78 is 0. The van der Waals surface area contributed by atoms with Gasteiger partial charge in [0, 0.05) is 18.0 Å². The Bertz CT molecular complexity index is 602. The molecule has 7 heteroatoms. The lowest BCUT2D eigenvalue weighted by Crippen LogP contribution is -2.32. The number of nitrogens with one attached hydrogen (secondary N) is 2. The van der Waals surface area contributed by atoms with Crippen molar-refractivity contribution in [3.8, 4) is 0 Å². The van der Waals surface area contributed by atoms with Crippen LogP contribution in [-0.2, 0) is 9.59 Å². The quantitative estimate of drug-likeness (QED) is 0.825. The Balaban J connectivity index is 1.87. The minimum absolute atomic E-state index is 0.106. The number of benzene rings is 1. The minimum atomic E-state index is -0.430. The van der Waals surface area contributed by atoms with E-state index < -0.39 is 5.25 Å². The molecule has 0 aromatic heterocycles. The average molecular weight is 354 g/mol. The lowest BCUT2D eigenvalue weighted by Gasteiger charge is -2.08. The molecule has 0 saturated carbocycles. The second kappa shape index (κ2) is 8.36. The van der Waals surface area contributed by atoms with Crippen LogP contribution in [0.5, 0.6) is 0 Å². The summed E-state index contributed by atoms with van der Waals surface area (Å²) in [7, 11) is 0. The Labute approximate surface area is 145 Å². The zero-order valence-corrected chi connectivity index (χ0v) is 14.7. The second-order valence-electron chi connectivity index (χ2n) is 5.73. The van der Waals surface area contributed by atoms with Crippen LogP contribution >= 0.6 is 23.4 Å². The summed E-state index contributed by atoms with van der Waals surface area (Å²) in [5.41, 5.74) is 0.708. The first-order valence-electron chi connectivity index (χ1n) is 7.52. The molecule has 0 aliphatic carbocycles. The predicted molar refractivity (Wildman–Crippen MR) is 95.2 cm³/mol. The van der Waals surface area contributed by atoms with Crippen LogP contribution in [0.25, 0.3) is 0 Å². The number of carbonyl (C=O) groups excluding carboxylic acids is 2. The van der Waals surface area contributed by atoms with Crippen molar-refractivity contribution in [2.24, 2.45) is 10.9 Å². The average Bonchev–Trinajstić information content (AvgIpc) is 2.81. The molecule has 2 N–H and O–H groups in total. The van der Waals surface area contributed by atoms with Crippen molar-refractivity contribution >= 4 is 46.0 Å². The van der Waals surface area contributed by atoms with Crippen LogP contribution < -0.4 is 10.6 Å². The van der Waals surface area contributed by atoms with Gasteiger partial charge in [-0.15, -0.1) is 0 Å². The number of carbonyl (C=O) groups is 2. The molecule has 0 spiro atoms. The summed E-state index contributed by atoms with van der Waals surface area (Å²) in [5, 5.41) is 6.27. The molecule has 1 aliphatic heterocycles. The number of hydrogen-bond donors (Lipinski definition) is 2. The first kappa shape index (κ1) is 17.8. The molecule has 124 valence electrons. The molecule has 1 aromatic carbocycles. The van der Waals surface area contributed by atoms with Crippen LogP contribution in [0.1, 0.15) is 26.7 Å². The van der Waals surface area contributed by atoms with Crippen molar-refractivity contribution in [2.45, 2.75) is 31.9 Å². The smallest absolute Gasteiger partial charge is 0.240 e. The van der Waals surface area contributed by atoms with E-state index >= 15 is 0 Å². The van der Waals surface area contributed by atoms with E-state index in [1.807, 2.05) is 0 Å². The summed E-state index contributed by atoms with van der Waals surface area (Å²) in [5.74, 6) is 0.255. The van der Waals surface area contributed by atoms with Gasteiger partial charge in [-0.3, -0.25) is 9.59 Å². The number of nitrogens with zero attached hydrogens (tertiary/aromatic N) is 1. The van der Waals surface area contributed by atoms with Gasteiger partial charge in [-0.25, -0.2) is 4.99 Å². The first-order chi connectivity index (χ1) is 10.9. The third kappa shape index (κ3) is 5.88. The summed E-state index contributed by atoms with van der Waals surface area (Å²) in [6.45, 7) is 4.85. The molecule has 0 unspecified atom stereocenters. The van der Waals surface area contributed by atoms with Crippen LogP contribution in [0, 0.1) is 5.92 Å². The van der Waals surface area contributed by atoms with E-state index in [0.717, 1.165) is 6.42 Å². The molecule has 1 aromatic rings. The standard InChI is InChI=1S/C16H20ClN3O2S/c1-10(2)7-8-18-14(21)9-13-15(22)20-16(23-13)19-12-5-3-11(17)4-6-12/h3-6,10,13H,7-9H2,1-2H3,(H,18,21)(H,19,20,22)/t13-/m0/s1. The van der Waals surface area contributed by atoms with Crippen molar-refractivity contribution in [1.29, 1.82) is 0 Å². The van der Waals surface area contributed by atoms with Gasteiger partial charge >= 0.3 is 0 Å². The second-order valence-corrected chi connectivity index (χ2v) is 7.35. The van der Waals surface area contributed by atoms with Crippen molar-refractivity contribution < 1.29 is 9.59 Å². The summed E-state index contributed by atoms with van der Waals surface area (Å²) in [6, 6.07) is 7.02. The molecule has 2 amide bonds. The fourth-order valence-electron chi connectivity index (χ4n) is 1.97. The highest BCUT2D eigenvalue weighted by Crippen LogP contribution is 2.25. The van der Waals surface area contributed by atoms with Gasteiger partial charge < -0.3 is 10.6 Å². The third-order valence-corrected chi connectivity index (χ3v) is 4.58. The molecule has 1 aliphatic rings. The number of halogens is 1. The Hall–Kier alpha value is -1.53. The lowest BCUT2D eigenvalue weighted by molar-refractivity contribution is -0.125. The number of rotatable bonds is 6. The number of hydrogen-bond acceptors (Lipinski definition) is 4. The van der Waals surface area contributed by atoms with Gasteiger partial charge in [0.15, 0.2) is 5.17 Å². The molecule has 1 heterocycles. The Morgan fingerprint density at radius 3 is 2.74 bits per heavy atom. The molecule has 1 fully saturated rings. The number of thioether (sulfide) groups is 1. The van der Waals surface area contributed by atoms with Crippen molar-refractivity contribution in [2.75, 3.05) is 6.54 Å². The van der Waals surface area contributed by atoms with Crippen molar-refractivity contribution in [1.82, 2.24) is 10.6 Å². The van der Waals surface area contributed by atoms with E-state index in [2.05, 4.69) is 29.5 Å². The fourth-order valence-corrected chi connectivity index (χ4v) is 3.08. The van der Waals surface area contributed by atoms with Crippen LogP contribution in [0.3, 0.4) is 0 Å². The molecule has 0 radical (unpaired) electrons. The lowest BCUT2D eigenvalue weighted by atomic mass is 10.1.